The Hall–Kier alpha value is -2.82. The molecule has 126 valence electrons. The van der Waals surface area contributed by atoms with Gasteiger partial charge < -0.3 is 15.2 Å². The van der Waals surface area contributed by atoms with E-state index >= 15 is 0 Å². The van der Waals surface area contributed by atoms with Gasteiger partial charge in [-0.25, -0.2) is 9.59 Å². The number of para-hydroxylation sites is 1. The Bertz CT molecular complexity index is 712. The number of ether oxygens (including phenoxy) is 2. The molecule has 2 rings (SSSR count). The van der Waals surface area contributed by atoms with E-state index in [9.17, 15) is 9.59 Å². The number of carbonyl (C=O) groups is 2. The molecule has 0 amide bonds. The molecule has 2 N–H and O–H groups in total. The molecule has 0 saturated carbocycles. The summed E-state index contributed by atoms with van der Waals surface area (Å²) in [6.07, 6.45) is 1.77. The van der Waals surface area contributed by atoms with Crippen LogP contribution in [0.1, 0.15) is 46.0 Å². The second-order valence-electron chi connectivity index (χ2n) is 5.31. The van der Waals surface area contributed by atoms with E-state index in [4.69, 9.17) is 15.2 Å². The van der Waals surface area contributed by atoms with Crippen molar-refractivity contribution in [3.8, 4) is 0 Å². The van der Waals surface area contributed by atoms with Crippen LogP contribution in [-0.2, 0) is 16.1 Å². The summed E-state index contributed by atoms with van der Waals surface area (Å²) in [5.41, 5.74) is 7.43. The lowest BCUT2D eigenvalue weighted by Crippen LogP contribution is -2.12. The van der Waals surface area contributed by atoms with E-state index in [-0.39, 0.29) is 6.61 Å². The van der Waals surface area contributed by atoms with Gasteiger partial charge in [-0.15, -0.1) is 0 Å². The quantitative estimate of drug-likeness (QED) is 0.478. The van der Waals surface area contributed by atoms with Gasteiger partial charge in [-0.2, -0.15) is 0 Å². The molecule has 2 aromatic carbocycles. The zero-order valence-electron chi connectivity index (χ0n) is 13.7. The van der Waals surface area contributed by atoms with Gasteiger partial charge in [-0.05, 0) is 24.6 Å². The first-order chi connectivity index (χ1) is 11.6. The van der Waals surface area contributed by atoms with Crippen LogP contribution < -0.4 is 5.73 Å². The number of rotatable bonds is 7. The van der Waals surface area contributed by atoms with Crippen LogP contribution in [0.2, 0.25) is 0 Å². The third-order valence-electron chi connectivity index (χ3n) is 3.51. The number of unbranched alkanes of at least 4 members (excludes halogenated alkanes) is 1. The molecule has 5 heteroatoms. The molecule has 0 saturated heterocycles. The lowest BCUT2D eigenvalue weighted by atomic mass is 10.1. The van der Waals surface area contributed by atoms with Crippen molar-refractivity contribution < 1.29 is 19.1 Å². The monoisotopic (exact) mass is 327 g/mol. The van der Waals surface area contributed by atoms with E-state index in [0.29, 0.717) is 29.0 Å². The zero-order valence-corrected chi connectivity index (χ0v) is 13.7. The summed E-state index contributed by atoms with van der Waals surface area (Å²) in [5.74, 6) is -0.934. The number of hydrogen-bond acceptors (Lipinski definition) is 5. The van der Waals surface area contributed by atoms with Crippen LogP contribution in [0, 0.1) is 0 Å². The zero-order chi connectivity index (χ0) is 17.4. The molecule has 0 aliphatic rings. The number of hydrogen-bond donors (Lipinski definition) is 1. The van der Waals surface area contributed by atoms with Crippen molar-refractivity contribution in [3.05, 3.63) is 65.2 Å². The lowest BCUT2D eigenvalue weighted by molar-refractivity contribution is 0.0443. The second kappa shape index (κ2) is 8.72. The van der Waals surface area contributed by atoms with Crippen molar-refractivity contribution in [1.82, 2.24) is 0 Å². The summed E-state index contributed by atoms with van der Waals surface area (Å²) >= 11 is 0. The van der Waals surface area contributed by atoms with Crippen molar-refractivity contribution in [2.24, 2.45) is 0 Å². The van der Waals surface area contributed by atoms with Crippen LogP contribution in [-0.4, -0.2) is 18.5 Å². The van der Waals surface area contributed by atoms with Gasteiger partial charge in [0.2, 0.25) is 0 Å². The van der Waals surface area contributed by atoms with Gasteiger partial charge in [0, 0.05) is 11.3 Å². The highest BCUT2D eigenvalue weighted by molar-refractivity contribution is 5.95. The molecule has 0 unspecified atom stereocenters. The minimum Gasteiger partial charge on any atom is -0.462 e. The summed E-state index contributed by atoms with van der Waals surface area (Å²) in [5, 5.41) is 0. The minimum absolute atomic E-state index is 0.0216. The predicted octanol–water partition coefficient (Wildman–Crippen LogP) is 3.58. The van der Waals surface area contributed by atoms with E-state index < -0.39 is 11.9 Å². The van der Waals surface area contributed by atoms with Crippen LogP contribution >= 0.6 is 0 Å². The molecule has 2 aromatic rings. The Morgan fingerprint density at radius 1 is 0.917 bits per heavy atom. The molecule has 24 heavy (non-hydrogen) atoms. The van der Waals surface area contributed by atoms with E-state index in [0.717, 1.165) is 12.8 Å². The third kappa shape index (κ3) is 4.59. The molecule has 0 fully saturated rings. The van der Waals surface area contributed by atoms with E-state index in [1.807, 2.05) is 6.92 Å². The molecule has 0 aromatic heterocycles. The molecule has 0 bridgehead atoms. The fourth-order valence-electron chi connectivity index (χ4n) is 2.14. The number of anilines is 1. The second-order valence-corrected chi connectivity index (χ2v) is 5.31. The third-order valence-corrected chi connectivity index (χ3v) is 3.51. The number of nitrogens with two attached hydrogens (primary N) is 1. The summed E-state index contributed by atoms with van der Waals surface area (Å²) in [6.45, 7) is 2.38. The van der Waals surface area contributed by atoms with Crippen molar-refractivity contribution in [2.45, 2.75) is 26.4 Å². The van der Waals surface area contributed by atoms with Gasteiger partial charge in [0.05, 0.1) is 17.7 Å². The highest BCUT2D eigenvalue weighted by Crippen LogP contribution is 2.16. The molecular weight excluding hydrogens is 306 g/mol. The number of nitrogen functional groups attached to an aromatic ring is 1. The summed E-state index contributed by atoms with van der Waals surface area (Å²) in [6, 6.07) is 13.6. The van der Waals surface area contributed by atoms with Crippen molar-refractivity contribution in [1.29, 1.82) is 0 Å². The molecule has 0 aliphatic carbocycles. The normalized spacial score (nSPS) is 10.2. The maximum absolute atomic E-state index is 12.1. The van der Waals surface area contributed by atoms with Crippen molar-refractivity contribution >= 4 is 17.6 Å². The average molecular weight is 327 g/mol. The predicted molar refractivity (Wildman–Crippen MR) is 91.6 cm³/mol. The Kier molecular flexibility index (Phi) is 6.37. The average Bonchev–Trinajstić information content (AvgIpc) is 2.60. The minimum atomic E-state index is -0.526. The van der Waals surface area contributed by atoms with Crippen LogP contribution in [0.4, 0.5) is 5.69 Å². The highest BCUT2D eigenvalue weighted by Gasteiger charge is 2.15. The largest absolute Gasteiger partial charge is 0.462 e. The molecule has 0 aliphatic heterocycles. The van der Waals surface area contributed by atoms with Gasteiger partial charge in [-0.1, -0.05) is 43.7 Å². The smallest absolute Gasteiger partial charge is 0.340 e. The first-order valence-electron chi connectivity index (χ1n) is 7.90. The summed E-state index contributed by atoms with van der Waals surface area (Å²) in [7, 11) is 0. The van der Waals surface area contributed by atoms with Crippen LogP contribution in [0.3, 0.4) is 0 Å². The molecular formula is C19H21NO4. The number of esters is 2. The van der Waals surface area contributed by atoms with Crippen molar-refractivity contribution in [3.63, 3.8) is 0 Å². The van der Waals surface area contributed by atoms with E-state index in [1.165, 1.54) is 0 Å². The summed E-state index contributed by atoms with van der Waals surface area (Å²) < 4.78 is 10.5. The number of benzene rings is 2. The SMILES string of the molecule is CCCCOC(=O)c1ccccc1COC(=O)c1ccccc1N. The molecule has 0 spiro atoms. The fraction of sp³-hybridized carbons (Fsp3) is 0.263. The topological polar surface area (TPSA) is 78.6 Å². The van der Waals surface area contributed by atoms with Gasteiger partial charge in [0.25, 0.3) is 0 Å². The van der Waals surface area contributed by atoms with Crippen LogP contribution in [0.25, 0.3) is 0 Å². The molecule has 0 radical (unpaired) electrons. The number of carbonyl (C=O) groups excluding carboxylic acids is 2. The van der Waals surface area contributed by atoms with Crippen molar-refractivity contribution in [2.75, 3.05) is 12.3 Å². The Balaban J connectivity index is 2.04. The maximum atomic E-state index is 12.1. The Morgan fingerprint density at radius 2 is 1.54 bits per heavy atom. The van der Waals surface area contributed by atoms with Gasteiger partial charge in [-0.3, -0.25) is 0 Å². The first kappa shape index (κ1) is 17.5. The van der Waals surface area contributed by atoms with Crippen LogP contribution in [0.5, 0.6) is 0 Å². The molecule has 0 heterocycles. The van der Waals surface area contributed by atoms with Gasteiger partial charge in [0.1, 0.15) is 6.61 Å². The first-order valence-corrected chi connectivity index (χ1v) is 7.90. The van der Waals surface area contributed by atoms with E-state index in [1.54, 1.807) is 48.5 Å². The molecule has 0 atom stereocenters. The summed E-state index contributed by atoms with van der Waals surface area (Å²) in [4.78, 5) is 24.2. The fourth-order valence-corrected chi connectivity index (χ4v) is 2.14. The van der Waals surface area contributed by atoms with Gasteiger partial charge >= 0.3 is 11.9 Å². The Morgan fingerprint density at radius 3 is 2.25 bits per heavy atom. The Labute approximate surface area is 141 Å². The molecule has 5 nitrogen and oxygen atoms in total. The highest BCUT2D eigenvalue weighted by atomic mass is 16.5. The standard InChI is InChI=1S/C19H21NO4/c1-2-3-12-23-18(21)15-9-5-4-8-14(15)13-24-19(22)16-10-6-7-11-17(16)20/h4-11H,2-3,12-13,20H2,1H3. The maximum Gasteiger partial charge on any atom is 0.340 e. The van der Waals surface area contributed by atoms with E-state index in [2.05, 4.69) is 0 Å². The van der Waals surface area contributed by atoms with Crippen LogP contribution in [0.15, 0.2) is 48.5 Å². The lowest BCUT2D eigenvalue weighted by Gasteiger charge is -2.11. The van der Waals surface area contributed by atoms with Gasteiger partial charge in [0.15, 0.2) is 0 Å².